The standard InChI is InChI=1S/C17H14N2O3/c18-17(21)19-12-14-6-9-15(10-7-14)22-16(20)11-8-13-4-2-1-3-5-13/h1-12H,(H2,18,21)/b11-8+,19-12?. The van der Waals surface area contributed by atoms with Gasteiger partial charge in [-0.15, -0.1) is 0 Å². The third kappa shape index (κ3) is 5.05. The van der Waals surface area contributed by atoms with Gasteiger partial charge in [-0.3, -0.25) is 0 Å². The molecule has 22 heavy (non-hydrogen) atoms. The van der Waals surface area contributed by atoms with Gasteiger partial charge in [0, 0.05) is 12.3 Å². The van der Waals surface area contributed by atoms with E-state index >= 15 is 0 Å². The van der Waals surface area contributed by atoms with E-state index in [0.29, 0.717) is 11.3 Å². The maximum Gasteiger partial charge on any atom is 0.338 e. The number of carbonyl (C=O) groups excluding carboxylic acids is 2. The fraction of sp³-hybridized carbons (Fsp3) is 0. The molecule has 0 aliphatic rings. The van der Waals surface area contributed by atoms with E-state index in [1.165, 1.54) is 12.3 Å². The van der Waals surface area contributed by atoms with Crippen molar-refractivity contribution in [3.05, 3.63) is 71.8 Å². The third-order valence-corrected chi connectivity index (χ3v) is 2.65. The lowest BCUT2D eigenvalue weighted by Gasteiger charge is -2.01. The van der Waals surface area contributed by atoms with E-state index in [4.69, 9.17) is 10.5 Å². The zero-order valence-corrected chi connectivity index (χ0v) is 11.7. The highest BCUT2D eigenvalue weighted by molar-refractivity contribution is 5.91. The summed E-state index contributed by atoms with van der Waals surface area (Å²) < 4.78 is 5.15. The molecule has 110 valence electrons. The number of aliphatic imine (C=N–C) groups is 1. The van der Waals surface area contributed by atoms with Gasteiger partial charge in [0.2, 0.25) is 0 Å². The van der Waals surface area contributed by atoms with Crippen LogP contribution in [0.2, 0.25) is 0 Å². The largest absolute Gasteiger partial charge is 0.423 e. The van der Waals surface area contributed by atoms with Gasteiger partial charge in [0.25, 0.3) is 0 Å². The summed E-state index contributed by atoms with van der Waals surface area (Å²) in [4.78, 5) is 25.7. The number of nitrogens with zero attached hydrogens (tertiary/aromatic N) is 1. The lowest BCUT2D eigenvalue weighted by Crippen LogP contribution is -2.04. The number of rotatable bonds is 4. The van der Waals surface area contributed by atoms with Crippen LogP contribution in [0.15, 0.2) is 65.7 Å². The van der Waals surface area contributed by atoms with Crippen LogP contribution in [0.1, 0.15) is 11.1 Å². The second-order valence-electron chi connectivity index (χ2n) is 4.33. The average Bonchev–Trinajstić information content (AvgIpc) is 2.53. The molecule has 5 nitrogen and oxygen atoms in total. The molecule has 0 unspecified atom stereocenters. The SMILES string of the molecule is NC(=O)N=Cc1ccc(OC(=O)/C=C/c2ccccc2)cc1. The van der Waals surface area contributed by atoms with Gasteiger partial charge >= 0.3 is 12.0 Å². The fourth-order valence-electron chi connectivity index (χ4n) is 1.64. The van der Waals surface area contributed by atoms with Crippen LogP contribution in [0.4, 0.5) is 4.79 Å². The van der Waals surface area contributed by atoms with E-state index in [0.717, 1.165) is 5.56 Å². The van der Waals surface area contributed by atoms with Gasteiger partial charge in [0.05, 0.1) is 0 Å². The normalized spacial score (nSPS) is 10.9. The second kappa shape index (κ2) is 7.54. The molecule has 2 amide bonds. The van der Waals surface area contributed by atoms with E-state index in [9.17, 15) is 9.59 Å². The molecule has 0 heterocycles. The lowest BCUT2D eigenvalue weighted by molar-refractivity contribution is -0.128. The van der Waals surface area contributed by atoms with Crippen LogP contribution in [0.5, 0.6) is 5.75 Å². The van der Waals surface area contributed by atoms with Crippen molar-refractivity contribution in [1.29, 1.82) is 0 Å². The Hall–Kier alpha value is -3.21. The predicted octanol–water partition coefficient (Wildman–Crippen LogP) is 2.80. The minimum Gasteiger partial charge on any atom is -0.423 e. The van der Waals surface area contributed by atoms with Crippen molar-refractivity contribution in [3.63, 3.8) is 0 Å². The number of esters is 1. The number of amides is 2. The van der Waals surface area contributed by atoms with Crippen LogP contribution in [-0.2, 0) is 4.79 Å². The number of hydrogen-bond donors (Lipinski definition) is 1. The molecule has 2 aromatic carbocycles. The zero-order valence-electron chi connectivity index (χ0n) is 11.7. The highest BCUT2D eigenvalue weighted by Crippen LogP contribution is 2.12. The molecule has 0 saturated carbocycles. The van der Waals surface area contributed by atoms with Crippen molar-refractivity contribution in [2.75, 3.05) is 0 Å². The molecule has 2 rings (SSSR count). The van der Waals surface area contributed by atoms with Crippen LogP contribution in [0.3, 0.4) is 0 Å². The number of hydrogen-bond acceptors (Lipinski definition) is 3. The summed E-state index contributed by atoms with van der Waals surface area (Å²) in [7, 11) is 0. The first-order valence-corrected chi connectivity index (χ1v) is 6.52. The fourth-order valence-corrected chi connectivity index (χ4v) is 1.64. The Morgan fingerprint density at radius 1 is 0.955 bits per heavy atom. The summed E-state index contributed by atoms with van der Waals surface area (Å²) in [6.45, 7) is 0. The molecule has 0 radical (unpaired) electrons. The Balaban J connectivity index is 1.94. The van der Waals surface area contributed by atoms with E-state index in [1.54, 1.807) is 30.3 Å². The van der Waals surface area contributed by atoms with Crippen LogP contribution >= 0.6 is 0 Å². The summed E-state index contributed by atoms with van der Waals surface area (Å²) in [5.74, 6) is -0.0682. The quantitative estimate of drug-likeness (QED) is 0.407. The highest BCUT2D eigenvalue weighted by Gasteiger charge is 2.00. The molecule has 0 aliphatic heterocycles. The minimum atomic E-state index is -0.762. The van der Waals surface area contributed by atoms with Crippen molar-refractivity contribution < 1.29 is 14.3 Å². The van der Waals surface area contributed by atoms with Gasteiger partial charge in [0.1, 0.15) is 5.75 Å². The number of urea groups is 1. The maximum absolute atomic E-state index is 11.7. The highest BCUT2D eigenvalue weighted by atomic mass is 16.5. The van der Waals surface area contributed by atoms with Gasteiger partial charge in [0.15, 0.2) is 0 Å². The smallest absolute Gasteiger partial charge is 0.338 e. The predicted molar refractivity (Wildman–Crippen MR) is 84.7 cm³/mol. The van der Waals surface area contributed by atoms with Crippen molar-refractivity contribution >= 4 is 24.3 Å². The first-order chi connectivity index (χ1) is 10.6. The molecule has 0 saturated heterocycles. The van der Waals surface area contributed by atoms with Crippen molar-refractivity contribution in [1.82, 2.24) is 0 Å². The second-order valence-corrected chi connectivity index (χ2v) is 4.33. The molecule has 5 heteroatoms. The molecular weight excluding hydrogens is 280 g/mol. The number of nitrogens with two attached hydrogens (primary N) is 1. The van der Waals surface area contributed by atoms with Crippen LogP contribution < -0.4 is 10.5 Å². The number of ether oxygens (including phenoxy) is 1. The van der Waals surface area contributed by atoms with Gasteiger partial charge < -0.3 is 10.5 Å². The molecule has 0 spiro atoms. The Kier molecular flexibility index (Phi) is 5.20. The first kappa shape index (κ1) is 15.2. The molecule has 0 aromatic heterocycles. The molecule has 0 aliphatic carbocycles. The van der Waals surface area contributed by atoms with Gasteiger partial charge in [-0.25, -0.2) is 14.6 Å². The summed E-state index contributed by atoms with van der Waals surface area (Å²) >= 11 is 0. The summed E-state index contributed by atoms with van der Waals surface area (Å²) in [6.07, 6.45) is 4.37. The van der Waals surface area contributed by atoms with Crippen LogP contribution in [-0.4, -0.2) is 18.2 Å². The third-order valence-electron chi connectivity index (χ3n) is 2.65. The monoisotopic (exact) mass is 294 g/mol. The molecule has 2 N–H and O–H groups in total. The summed E-state index contributed by atoms with van der Waals surface area (Å²) in [5.41, 5.74) is 6.50. The number of primary amides is 1. The Bertz CT molecular complexity index is 704. The van der Waals surface area contributed by atoms with Crippen LogP contribution in [0, 0.1) is 0 Å². The molecule has 0 bridgehead atoms. The van der Waals surface area contributed by atoms with E-state index in [1.807, 2.05) is 30.3 Å². The first-order valence-electron chi connectivity index (χ1n) is 6.52. The molecular formula is C17H14N2O3. The van der Waals surface area contributed by atoms with E-state index in [2.05, 4.69) is 4.99 Å². The molecule has 2 aromatic rings. The lowest BCUT2D eigenvalue weighted by atomic mass is 10.2. The molecule has 0 atom stereocenters. The van der Waals surface area contributed by atoms with Gasteiger partial charge in [-0.05, 0) is 41.5 Å². The number of carbonyl (C=O) groups is 2. The maximum atomic E-state index is 11.7. The Morgan fingerprint density at radius 3 is 2.27 bits per heavy atom. The minimum absolute atomic E-state index is 0.402. The van der Waals surface area contributed by atoms with Gasteiger partial charge in [-0.1, -0.05) is 30.3 Å². The zero-order chi connectivity index (χ0) is 15.8. The van der Waals surface area contributed by atoms with E-state index in [-0.39, 0.29) is 0 Å². The Labute approximate surface area is 127 Å². The summed E-state index contributed by atoms with van der Waals surface area (Å²) in [5, 5.41) is 0. The van der Waals surface area contributed by atoms with Gasteiger partial charge in [-0.2, -0.15) is 0 Å². The average molecular weight is 294 g/mol. The van der Waals surface area contributed by atoms with Crippen molar-refractivity contribution in [2.24, 2.45) is 10.7 Å². The topological polar surface area (TPSA) is 81.8 Å². The Morgan fingerprint density at radius 2 is 1.64 bits per heavy atom. The molecule has 0 fully saturated rings. The van der Waals surface area contributed by atoms with E-state index < -0.39 is 12.0 Å². The van der Waals surface area contributed by atoms with Crippen LogP contribution in [0.25, 0.3) is 6.08 Å². The number of benzene rings is 2. The summed E-state index contributed by atoms with van der Waals surface area (Å²) in [6, 6.07) is 15.2. The van der Waals surface area contributed by atoms with Crippen molar-refractivity contribution in [2.45, 2.75) is 0 Å². The van der Waals surface area contributed by atoms with Crippen molar-refractivity contribution in [3.8, 4) is 5.75 Å².